The Labute approximate surface area is 118 Å². The Hall–Kier alpha value is -2.07. The molecule has 106 valence electrons. The molecule has 0 saturated heterocycles. The molecule has 1 rings (SSSR count). The van der Waals surface area contributed by atoms with Crippen molar-refractivity contribution in [2.75, 3.05) is 5.75 Å². The van der Waals surface area contributed by atoms with E-state index in [0.717, 1.165) is 23.9 Å². The maximum Gasteiger partial charge on any atom is 0.327 e. The molecular weight excluding hydrogens is 288 g/mol. The molecule has 0 fully saturated rings. The standard InChI is InChI=1S/C13H11F2NO3S/c1-2-3-11(13(18)19)16-12(17)7-20-8-4-5-9(14)10(15)6-8/h1,4-6,11H,3,7H2,(H,16,17)(H,18,19). The van der Waals surface area contributed by atoms with E-state index in [0.29, 0.717) is 4.90 Å². The number of carboxylic acid groups (broad SMARTS) is 1. The van der Waals surface area contributed by atoms with Gasteiger partial charge in [-0.15, -0.1) is 24.1 Å². The first kappa shape index (κ1) is 16.0. The molecule has 1 atom stereocenters. The van der Waals surface area contributed by atoms with Gasteiger partial charge in [0.15, 0.2) is 11.6 Å². The van der Waals surface area contributed by atoms with Crippen molar-refractivity contribution in [2.45, 2.75) is 17.4 Å². The lowest BCUT2D eigenvalue weighted by Crippen LogP contribution is -2.41. The van der Waals surface area contributed by atoms with Crippen LogP contribution in [0.25, 0.3) is 0 Å². The normalized spacial score (nSPS) is 11.4. The van der Waals surface area contributed by atoms with Crippen molar-refractivity contribution in [1.82, 2.24) is 5.32 Å². The van der Waals surface area contributed by atoms with Crippen LogP contribution >= 0.6 is 11.8 Å². The minimum atomic E-state index is -1.23. The van der Waals surface area contributed by atoms with Gasteiger partial charge in [-0.3, -0.25) is 4.79 Å². The molecule has 0 aliphatic rings. The summed E-state index contributed by atoms with van der Waals surface area (Å²) in [6.07, 6.45) is 4.86. The summed E-state index contributed by atoms with van der Waals surface area (Å²) in [4.78, 5) is 22.7. The lowest BCUT2D eigenvalue weighted by Gasteiger charge is -2.11. The maximum absolute atomic E-state index is 12.9. The summed E-state index contributed by atoms with van der Waals surface area (Å²) in [6, 6.07) is 2.09. The van der Waals surface area contributed by atoms with Crippen LogP contribution in [0.5, 0.6) is 0 Å². The number of benzene rings is 1. The van der Waals surface area contributed by atoms with Gasteiger partial charge in [-0.05, 0) is 18.2 Å². The number of aliphatic carboxylic acids is 1. The third-order valence-corrected chi connectivity index (χ3v) is 3.21. The second-order valence-electron chi connectivity index (χ2n) is 3.73. The number of halogens is 2. The molecule has 1 unspecified atom stereocenters. The number of carbonyl (C=O) groups is 2. The molecule has 0 aromatic heterocycles. The van der Waals surface area contributed by atoms with E-state index < -0.39 is 29.6 Å². The van der Waals surface area contributed by atoms with E-state index in [9.17, 15) is 18.4 Å². The smallest absolute Gasteiger partial charge is 0.327 e. The van der Waals surface area contributed by atoms with Gasteiger partial charge in [-0.25, -0.2) is 13.6 Å². The number of hydrogen-bond donors (Lipinski definition) is 2. The second kappa shape index (κ2) is 7.50. The van der Waals surface area contributed by atoms with Gasteiger partial charge in [0.2, 0.25) is 5.91 Å². The van der Waals surface area contributed by atoms with Crippen molar-refractivity contribution in [3.05, 3.63) is 29.8 Å². The quantitative estimate of drug-likeness (QED) is 0.619. The van der Waals surface area contributed by atoms with E-state index >= 15 is 0 Å². The Kier molecular flexibility index (Phi) is 6.00. The fraction of sp³-hybridized carbons (Fsp3) is 0.231. The van der Waals surface area contributed by atoms with Gasteiger partial charge in [-0.2, -0.15) is 0 Å². The van der Waals surface area contributed by atoms with Crippen LogP contribution in [-0.4, -0.2) is 28.8 Å². The summed E-state index contributed by atoms with van der Waals surface area (Å²) < 4.78 is 25.6. The topological polar surface area (TPSA) is 66.4 Å². The second-order valence-corrected chi connectivity index (χ2v) is 4.78. The summed E-state index contributed by atoms with van der Waals surface area (Å²) in [5, 5.41) is 11.0. The molecule has 0 heterocycles. The molecule has 0 spiro atoms. The van der Waals surface area contributed by atoms with Crippen LogP contribution in [0.2, 0.25) is 0 Å². The molecule has 20 heavy (non-hydrogen) atoms. The van der Waals surface area contributed by atoms with E-state index in [4.69, 9.17) is 11.5 Å². The zero-order valence-electron chi connectivity index (χ0n) is 10.2. The minimum absolute atomic E-state index is 0.126. The van der Waals surface area contributed by atoms with Gasteiger partial charge in [-0.1, -0.05) is 0 Å². The van der Waals surface area contributed by atoms with Crippen LogP contribution < -0.4 is 5.32 Å². The highest BCUT2D eigenvalue weighted by Crippen LogP contribution is 2.20. The highest BCUT2D eigenvalue weighted by molar-refractivity contribution is 8.00. The number of carboxylic acids is 1. The zero-order chi connectivity index (χ0) is 15.1. The van der Waals surface area contributed by atoms with Crippen LogP contribution in [0.4, 0.5) is 8.78 Å². The average Bonchev–Trinajstić information content (AvgIpc) is 2.39. The van der Waals surface area contributed by atoms with Crippen molar-refractivity contribution in [2.24, 2.45) is 0 Å². The zero-order valence-corrected chi connectivity index (χ0v) is 11.0. The van der Waals surface area contributed by atoms with Crippen LogP contribution in [0.1, 0.15) is 6.42 Å². The molecular formula is C13H11F2NO3S. The Bertz CT molecular complexity index is 557. The SMILES string of the molecule is C#CCC(NC(=O)CSc1ccc(F)c(F)c1)C(=O)O. The molecule has 1 amide bonds. The monoisotopic (exact) mass is 299 g/mol. The molecule has 0 aliphatic carbocycles. The van der Waals surface area contributed by atoms with E-state index in [-0.39, 0.29) is 12.2 Å². The summed E-state index contributed by atoms with van der Waals surface area (Å²) >= 11 is 0.960. The third-order valence-electron chi connectivity index (χ3n) is 2.22. The van der Waals surface area contributed by atoms with Crippen LogP contribution in [0, 0.1) is 24.0 Å². The number of nitrogens with one attached hydrogen (secondary N) is 1. The van der Waals surface area contributed by atoms with Crippen molar-refractivity contribution in [3.8, 4) is 12.3 Å². The molecule has 7 heteroatoms. The number of carbonyl (C=O) groups excluding carboxylic acids is 1. The summed E-state index contributed by atoms with van der Waals surface area (Å²) in [6.45, 7) is 0. The van der Waals surface area contributed by atoms with Crippen LogP contribution in [0.15, 0.2) is 23.1 Å². The molecule has 1 aromatic rings. The highest BCUT2D eigenvalue weighted by atomic mass is 32.2. The summed E-state index contributed by atoms with van der Waals surface area (Å²) in [7, 11) is 0. The largest absolute Gasteiger partial charge is 0.480 e. The van der Waals surface area contributed by atoms with Gasteiger partial charge < -0.3 is 10.4 Å². The van der Waals surface area contributed by atoms with Gasteiger partial charge in [0, 0.05) is 11.3 Å². The number of rotatable bonds is 6. The summed E-state index contributed by atoms with van der Waals surface area (Å²) in [5.41, 5.74) is 0. The highest BCUT2D eigenvalue weighted by Gasteiger charge is 2.18. The van der Waals surface area contributed by atoms with E-state index in [2.05, 4.69) is 11.2 Å². The Morgan fingerprint density at radius 1 is 1.40 bits per heavy atom. The number of terminal acetylenes is 1. The van der Waals surface area contributed by atoms with Crippen LogP contribution in [0.3, 0.4) is 0 Å². The fourth-order valence-electron chi connectivity index (χ4n) is 1.27. The predicted molar refractivity (Wildman–Crippen MR) is 70.1 cm³/mol. The number of hydrogen-bond acceptors (Lipinski definition) is 3. The molecule has 0 saturated carbocycles. The van der Waals surface area contributed by atoms with E-state index in [1.807, 2.05) is 0 Å². The van der Waals surface area contributed by atoms with Gasteiger partial charge in [0.05, 0.1) is 5.75 Å². The van der Waals surface area contributed by atoms with Gasteiger partial charge in [0.1, 0.15) is 6.04 Å². The first-order valence-corrected chi connectivity index (χ1v) is 6.46. The average molecular weight is 299 g/mol. The Morgan fingerprint density at radius 2 is 2.10 bits per heavy atom. The molecule has 1 aromatic carbocycles. The predicted octanol–water partition coefficient (Wildman–Crippen LogP) is 1.65. The first-order chi connectivity index (χ1) is 9.43. The lowest BCUT2D eigenvalue weighted by atomic mass is 10.2. The first-order valence-electron chi connectivity index (χ1n) is 5.47. The van der Waals surface area contributed by atoms with Gasteiger partial charge in [0.25, 0.3) is 0 Å². The van der Waals surface area contributed by atoms with E-state index in [1.165, 1.54) is 6.07 Å². The van der Waals surface area contributed by atoms with Crippen molar-refractivity contribution < 1.29 is 23.5 Å². The molecule has 2 N–H and O–H groups in total. The van der Waals surface area contributed by atoms with Crippen molar-refractivity contribution >= 4 is 23.6 Å². The maximum atomic E-state index is 12.9. The van der Waals surface area contributed by atoms with Crippen LogP contribution in [-0.2, 0) is 9.59 Å². The number of amides is 1. The van der Waals surface area contributed by atoms with Crippen molar-refractivity contribution in [1.29, 1.82) is 0 Å². The molecule has 0 aliphatic heterocycles. The Morgan fingerprint density at radius 3 is 2.65 bits per heavy atom. The lowest BCUT2D eigenvalue weighted by molar-refractivity contribution is -0.141. The molecule has 0 radical (unpaired) electrons. The van der Waals surface area contributed by atoms with E-state index in [1.54, 1.807) is 0 Å². The molecule has 0 bridgehead atoms. The summed E-state index contributed by atoms with van der Waals surface area (Å²) in [5.74, 6) is -1.74. The van der Waals surface area contributed by atoms with Gasteiger partial charge >= 0.3 is 5.97 Å². The minimum Gasteiger partial charge on any atom is -0.480 e. The van der Waals surface area contributed by atoms with Crippen molar-refractivity contribution in [3.63, 3.8) is 0 Å². The Balaban J connectivity index is 2.52. The fourth-order valence-corrected chi connectivity index (χ4v) is 2.00. The third kappa shape index (κ3) is 4.90. The molecule has 4 nitrogen and oxygen atoms in total. The number of thioether (sulfide) groups is 1.